The maximum atomic E-state index is 9.16. The van der Waals surface area contributed by atoms with Crippen LogP contribution >= 0.6 is 0 Å². The molecule has 0 saturated heterocycles. The number of anilines is 1. The van der Waals surface area contributed by atoms with E-state index in [0.29, 0.717) is 12.5 Å². The summed E-state index contributed by atoms with van der Waals surface area (Å²) in [7, 11) is 0. The highest BCUT2D eigenvalue weighted by molar-refractivity contribution is 5.36. The van der Waals surface area contributed by atoms with Gasteiger partial charge in [-0.3, -0.25) is 0 Å². The third-order valence-electron chi connectivity index (χ3n) is 1.97. The van der Waals surface area contributed by atoms with Crippen molar-refractivity contribution in [2.75, 3.05) is 11.9 Å². The molecule has 4 nitrogen and oxygen atoms in total. The van der Waals surface area contributed by atoms with Crippen LogP contribution in [-0.2, 0) is 0 Å². The number of aromatic nitrogens is 2. The van der Waals surface area contributed by atoms with E-state index in [0.717, 1.165) is 17.3 Å². The molecule has 1 aromatic rings. The van der Waals surface area contributed by atoms with Crippen LogP contribution in [0.25, 0.3) is 0 Å². The van der Waals surface area contributed by atoms with Gasteiger partial charge in [0.05, 0.1) is 6.10 Å². The van der Waals surface area contributed by atoms with Crippen LogP contribution in [0, 0.1) is 6.92 Å². The van der Waals surface area contributed by atoms with Gasteiger partial charge in [-0.1, -0.05) is 13.8 Å². The van der Waals surface area contributed by atoms with Crippen LogP contribution in [-0.4, -0.2) is 27.7 Å². The van der Waals surface area contributed by atoms with Crippen molar-refractivity contribution < 1.29 is 5.11 Å². The van der Waals surface area contributed by atoms with E-state index in [4.69, 9.17) is 5.11 Å². The van der Waals surface area contributed by atoms with Crippen molar-refractivity contribution in [2.45, 2.75) is 39.7 Å². The third kappa shape index (κ3) is 3.83. The standard InChI is InChI=1S/C11H19N3O/c1-7(2)11-13-8(3)5-10(14-11)12-6-9(4)15/h5,7,9,15H,6H2,1-4H3,(H,12,13,14). The van der Waals surface area contributed by atoms with Gasteiger partial charge in [-0.15, -0.1) is 0 Å². The fourth-order valence-corrected chi connectivity index (χ4v) is 1.19. The molecule has 0 saturated carbocycles. The lowest BCUT2D eigenvalue weighted by atomic mass is 10.2. The first-order chi connectivity index (χ1) is 6.99. The molecule has 2 N–H and O–H groups in total. The Morgan fingerprint density at radius 3 is 2.53 bits per heavy atom. The van der Waals surface area contributed by atoms with Gasteiger partial charge in [-0.2, -0.15) is 0 Å². The third-order valence-corrected chi connectivity index (χ3v) is 1.97. The molecule has 0 fully saturated rings. The zero-order valence-corrected chi connectivity index (χ0v) is 9.78. The zero-order valence-electron chi connectivity index (χ0n) is 9.78. The lowest BCUT2D eigenvalue weighted by molar-refractivity contribution is 0.208. The smallest absolute Gasteiger partial charge is 0.133 e. The monoisotopic (exact) mass is 209 g/mol. The molecule has 1 rings (SSSR count). The number of nitrogens with zero attached hydrogens (tertiary/aromatic N) is 2. The summed E-state index contributed by atoms with van der Waals surface area (Å²) >= 11 is 0. The summed E-state index contributed by atoms with van der Waals surface area (Å²) in [5.74, 6) is 1.94. The molecular weight excluding hydrogens is 190 g/mol. The Bertz CT molecular complexity index is 324. The average molecular weight is 209 g/mol. The van der Waals surface area contributed by atoms with Crippen LogP contribution < -0.4 is 5.32 Å². The van der Waals surface area contributed by atoms with E-state index in [9.17, 15) is 0 Å². The van der Waals surface area contributed by atoms with E-state index in [-0.39, 0.29) is 6.10 Å². The first-order valence-electron chi connectivity index (χ1n) is 5.26. The van der Waals surface area contributed by atoms with E-state index >= 15 is 0 Å². The highest BCUT2D eigenvalue weighted by Crippen LogP contribution is 2.13. The lowest BCUT2D eigenvalue weighted by Crippen LogP contribution is -2.17. The quantitative estimate of drug-likeness (QED) is 0.792. The fraction of sp³-hybridized carbons (Fsp3) is 0.636. The molecule has 1 aromatic heterocycles. The van der Waals surface area contributed by atoms with Gasteiger partial charge in [0, 0.05) is 24.2 Å². The Labute approximate surface area is 90.8 Å². The first kappa shape index (κ1) is 11.9. The first-order valence-corrected chi connectivity index (χ1v) is 5.26. The van der Waals surface area contributed by atoms with Gasteiger partial charge in [0.25, 0.3) is 0 Å². The average Bonchev–Trinajstić information content (AvgIpc) is 2.13. The number of aliphatic hydroxyl groups excluding tert-OH is 1. The van der Waals surface area contributed by atoms with Gasteiger partial charge < -0.3 is 10.4 Å². The predicted octanol–water partition coefficient (Wildman–Crippen LogP) is 1.70. The minimum absolute atomic E-state index is 0.317. The van der Waals surface area contributed by atoms with Gasteiger partial charge in [-0.25, -0.2) is 9.97 Å². The van der Waals surface area contributed by atoms with Crippen molar-refractivity contribution in [2.24, 2.45) is 0 Å². The van der Waals surface area contributed by atoms with E-state index in [1.165, 1.54) is 0 Å². The second-order valence-corrected chi connectivity index (χ2v) is 4.14. The molecule has 1 unspecified atom stereocenters. The summed E-state index contributed by atoms with van der Waals surface area (Å²) < 4.78 is 0. The summed E-state index contributed by atoms with van der Waals surface area (Å²) in [4.78, 5) is 8.72. The van der Waals surface area contributed by atoms with Crippen LogP contribution in [0.15, 0.2) is 6.07 Å². The predicted molar refractivity (Wildman–Crippen MR) is 61.0 cm³/mol. The molecule has 1 heterocycles. The van der Waals surface area contributed by atoms with Crippen LogP contribution in [0.5, 0.6) is 0 Å². The lowest BCUT2D eigenvalue weighted by Gasteiger charge is -2.11. The molecule has 0 aromatic carbocycles. The van der Waals surface area contributed by atoms with E-state index in [1.54, 1.807) is 6.92 Å². The van der Waals surface area contributed by atoms with Crippen molar-refractivity contribution in [3.63, 3.8) is 0 Å². The van der Waals surface area contributed by atoms with Crippen LogP contribution in [0.1, 0.15) is 38.2 Å². The van der Waals surface area contributed by atoms with Gasteiger partial charge in [-0.05, 0) is 13.8 Å². The van der Waals surface area contributed by atoms with Crippen molar-refractivity contribution >= 4 is 5.82 Å². The number of aliphatic hydroxyl groups is 1. The normalized spacial score (nSPS) is 12.9. The maximum Gasteiger partial charge on any atom is 0.133 e. The summed E-state index contributed by atoms with van der Waals surface area (Å²) in [6.07, 6.45) is -0.372. The number of hydrogen-bond donors (Lipinski definition) is 2. The Kier molecular flexibility index (Phi) is 4.03. The summed E-state index contributed by atoms with van der Waals surface area (Å²) in [5, 5.41) is 12.2. The molecular formula is C11H19N3O. The van der Waals surface area contributed by atoms with Crippen LogP contribution in [0.2, 0.25) is 0 Å². The second-order valence-electron chi connectivity index (χ2n) is 4.14. The summed E-state index contributed by atoms with van der Waals surface area (Å²) in [6, 6.07) is 1.88. The maximum absolute atomic E-state index is 9.16. The van der Waals surface area contributed by atoms with Crippen molar-refractivity contribution in [1.29, 1.82) is 0 Å². The Morgan fingerprint density at radius 2 is 2.00 bits per heavy atom. The van der Waals surface area contributed by atoms with Crippen molar-refractivity contribution in [1.82, 2.24) is 9.97 Å². The molecule has 15 heavy (non-hydrogen) atoms. The Hall–Kier alpha value is -1.16. The molecule has 0 aliphatic heterocycles. The number of nitrogens with one attached hydrogen (secondary N) is 1. The highest BCUT2D eigenvalue weighted by atomic mass is 16.3. The molecule has 4 heteroatoms. The molecule has 0 radical (unpaired) electrons. The van der Waals surface area contributed by atoms with Crippen LogP contribution in [0.3, 0.4) is 0 Å². The minimum Gasteiger partial charge on any atom is -0.392 e. The summed E-state index contributed by atoms with van der Waals surface area (Å²) in [6.45, 7) is 8.32. The second kappa shape index (κ2) is 5.07. The molecule has 0 bridgehead atoms. The number of rotatable bonds is 4. The fourth-order valence-electron chi connectivity index (χ4n) is 1.19. The van der Waals surface area contributed by atoms with Gasteiger partial charge in [0.1, 0.15) is 11.6 Å². The largest absolute Gasteiger partial charge is 0.392 e. The molecule has 0 aliphatic rings. The SMILES string of the molecule is Cc1cc(NCC(C)O)nc(C(C)C)n1. The van der Waals surface area contributed by atoms with Gasteiger partial charge >= 0.3 is 0 Å². The van der Waals surface area contributed by atoms with Crippen LogP contribution in [0.4, 0.5) is 5.82 Å². The molecule has 0 amide bonds. The Balaban J connectivity index is 2.79. The molecule has 0 aliphatic carbocycles. The van der Waals surface area contributed by atoms with E-state index in [1.807, 2.05) is 13.0 Å². The van der Waals surface area contributed by atoms with Gasteiger partial charge in [0.2, 0.25) is 0 Å². The molecule has 1 atom stereocenters. The Morgan fingerprint density at radius 1 is 1.33 bits per heavy atom. The molecule has 0 spiro atoms. The van der Waals surface area contributed by atoms with E-state index < -0.39 is 0 Å². The summed E-state index contributed by atoms with van der Waals surface area (Å²) in [5.41, 5.74) is 0.946. The minimum atomic E-state index is -0.372. The zero-order chi connectivity index (χ0) is 11.4. The molecule has 84 valence electrons. The van der Waals surface area contributed by atoms with Crippen molar-refractivity contribution in [3.05, 3.63) is 17.6 Å². The van der Waals surface area contributed by atoms with E-state index in [2.05, 4.69) is 29.1 Å². The van der Waals surface area contributed by atoms with Gasteiger partial charge in [0.15, 0.2) is 0 Å². The van der Waals surface area contributed by atoms with Crippen molar-refractivity contribution in [3.8, 4) is 0 Å². The highest BCUT2D eigenvalue weighted by Gasteiger charge is 2.06. The number of hydrogen-bond acceptors (Lipinski definition) is 4. The number of aryl methyl sites for hydroxylation is 1. The topological polar surface area (TPSA) is 58.0 Å².